The average Bonchev–Trinajstić information content (AvgIpc) is 2.93. The van der Waals surface area contributed by atoms with Gasteiger partial charge in [0.1, 0.15) is 5.82 Å². The van der Waals surface area contributed by atoms with Crippen molar-refractivity contribution < 1.29 is 13.9 Å². The van der Waals surface area contributed by atoms with Crippen LogP contribution in [0, 0.1) is 11.7 Å². The first-order valence-corrected chi connectivity index (χ1v) is 12.3. The Labute approximate surface area is 210 Å². The minimum Gasteiger partial charge on any atom is -0.481 e. The van der Waals surface area contributed by atoms with Crippen molar-refractivity contribution in [2.24, 2.45) is 5.92 Å². The number of hydrogen-bond acceptors (Lipinski definition) is 5. The maximum Gasteiger partial charge on any atom is 0.253 e. The Morgan fingerprint density at radius 3 is 2.53 bits per heavy atom. The van der Waals surface area contributed by atoms with E-state index in [4.69, 9.17) is 4.74 Å². The molecule has 1 aliphatic rings. The Bertz CT molecular complexity index is 1350. The molecule has 3 aromatic heterocycles. The molecule has 4 aromatic rings. The Morgan fingerprint density at radius 1 is 1.00 bits per heavy atom. The topological polar surface area (TPSA) is 77.0 Å². The second-order valence-corrected chi connectivity index (χ2v) is 9.46. The molecule has 1 fully saturated rings. The summed E-state index contributed by atoms with van der Waals surface area (Å²) < 4.78 is 19.0. The smallest absolute Gasteiger partial charge is 0.253 e. The van der Waals surface area contributed by atoms with Gasteiger partial charge in [-0.1, -0.05) is 0 Å². The van der Waals surface area contributed by atoms with Gasteiger partial charge in [0.15, 0.2) is 0 Å². The van der Waals surface area contributed by atoms with Gasteiger partial charge in [-0.05, 0) is 92.5 Å². The first-order chi connectivity index (χ1) is 17.5. The number of nitrogens with one attached hydrogen (secondary N) is 1. The van der Waals surface area contributed by atoms with Crippen molar-refractivity contribution >= 4 is 16.8 Å². The van der Waals surface area contributed by atoms with Crippen molar-refractivity contribution in [2.45, 2.75) is 44.6 Å². The van der Waals surface area contributed by atoms with Crippen molar-refractivity contribution in [3.05, 3.63) is 84.1 Å². The molecule has 0 bridgehead atoms. The fourth-order valence-electron chi connectivity index (χ4n) is 5.19. The summed E-state index contributed by atoms with van der Waals surface area (Å²) in [6.45, 7) is 2.07. The minimum absolute atomic E-state index is 0.0514. The van der Waals surface area contributed by atoms with Crippen molar-refractivity contribution in [2.75, 3.05) is 7.11 Å². The number of methoxy groups -OCH3 is 1. The first kappa shape index (κ1) is 23.9. The van der Waals surface area contributed by atoms with E-state index in [9.17, 15) is 9.18 Å². The van der Waals surface area contributed by atoms with Crippen molar-refractivity contribution in [3.63, 3.8) is 0 Å². The Hall–Kier alpha value is -3.87. The highest BCUT2D eigenvalue weighted by Crippen LogP contribution is 2.39. The van der Waals surface area contributed by atoms with E-state index in [1.54, 1.807) is 43.8 Å². The SMILES string of the molecule is COc1ccc(-c2ccc(C(=O)N[C@H](C)[C@H]3CC[C@@H](c4ccnc5ccc(F)cc54)CC3)cn2)cn1. The van der Waals surface area contributed by atoms with Crippen LogP contribution < -0.4 is 10.1 Å². The fourth-order valence-corrected chi connectivity index (χ4v) is 5.19. The molecule has 6 nitrogen and oxygen atoms in total. The zero-order chi connectivity index (χ0) is 25.1. The molecule has 1 N–H and O–H groups in total. The molecular weight excluding hydrogens is 455 g/mol. The molecule has 1 aliphatic carbocycles. The zero-order valence-corrected chi connectivity index (χ0v) is 20.4. The van der Waals surface area contributed by atoms with Gasteiger partial charge in [0.05, 0.1) is 23.9 Å². The van der Waals surface area contributed by atoms with Crippen LogP contribution in [0.2, 0.25) is 0 Å². The second kappa shape index (κ2) is 10.4. The van der Waals surface area contributed by atoms with Gasteiger partial charge >= 0.3 is 0 Å². The predicted octanol–water partition coefficient (Wildman–Crippen LogP) is 5.93. The summed E-state index contributed by atoms with van der Waals surface area (Å²) in [6, 6.07) is 14.2. The van der Waals surface area contributed by atoms with Crippen molar-refractivity contribution in [1.82, 2.24) is 20.3 Å². The quantitative estimate of drug-likeness (QED) is 0.367. The summed E-state index contributed by atoms with van der Waals surface area (Å²) in [7, 11) is 1.57. The fraction of sp³-hybridized carbons (Fsp3) is 0.310. The molecule has 0 unspecified atom stereocenters. The summed E-state index contributed by atoms with van der Waals surface area (Å²) in [6.07, 6.45) is 9.14. The van der Waals surface area contributed by atoms with Crippen molar-refractivity contribution in [1.29, 1.82) is 0 Å². The molecule has 1 aromatic carbocycles. The lowest BCUT2D eigenvalue weighted by Crippen LogP contribution is -2.39. The molecule has 0 aliphatic heterocycles. The number of fused-ring (bicyclic) bond motifs is 1. The van der Waals surface area contributed by atoms with E-state index >= 15 is 0 Å². The molecule has 36 heavy (non-hydrogen) atoms. The number of benzene rings is 1. The molecule has 5 rings (SSSR count). The molecule has 0 radical (unpaired) electrons. The average molecular weight is 485 g/mol. The first-order valence-electron chi connectivity index (χ1n) is 12.3. The van der Waals surface area contributed by atoms with Crippen LogP contribution in [0.25, 0.3) is 22.2 Å². The van der Waals surface area contributed by atoms with Crippen LogP contribution in [0.5, 0.6) is 5.88 Å². The summed E-state index contributed by atoms with van der Waals surface area (Å²) in [5, 5.41) is 4.07. The number of hydrogen-bond donors (Lipinski definition) is 1. The number of carbonyl (C=O) groups is 1. The monoisotopic (exact) mass is 484 g/mol. The molecule has 3 heterocycles. The predicted molar refractivity (Wildman–Crippen MR) is 137 cm³/mol. The molecule has 184 valence electrons. The summed E-state index contributed by atoms with van der Waals surface area (Å²) in [5.74, 6) is 0.964. The largest absolute Gasteiger partial charge is 0.481 e. The number of nitrogens with zero attached hydrogens (tertiary/aromatic N) is 3. The molecule has 1 amide bonds. The van der Waals surface area contributed by atoms with E-state index in [1.165, 1.54) is 11.6 Å². The Morgan fingerprint density at radius 2 is 1.83 bits per heavy atom. The van der Waals surface area contributed by atoms with E-state index in [-0.39, 0.29) is 17.8 Å². The van der Waals surface area contributed by atoms with Crippen LogP contribution in [-0.2, 0) is 0 Å². The maximum absolute atomic E-state index is 13.9. The molecule has 1 saturated carbocycles. The van der Waals surface area contributed by atoms with Gasteiger partial charge in [-0.2, -0.15) is 0 Å². The number of aromatic nitrogens is 3. The molecule has 1 atom stereocenters. The highest BCUT2D eigenvalue weighted by molar-refractivity contribution is 5.94. The van der Waals surface area contributed by atoms with Gasteiger partial charge in [0.25, 0.3) is 5.91 Å². The summed E-state index contributed by atoms with van der Waals surface area (Å²) >= 11 is 0. The van der Waals surface area contributed by atoms with Gasteiger partial charge in [0, 0.05) is 41.6 Å². The highest BCUT2D eigenvalue weighted by atomic mass is 19.1. The molecule has 7 heteroatoms. The number of pyridine rings is 3. The summed E-state index contributed by atoms with van der Waals surface area (Å²) in [5.41, 5.74) is 4.15. The van der Waals surface area contributed by atoms with Crippen LogP contribution in [0.4, 0.5) is 4.39 Å². The zero-order valence-electron chi connectivity index (χ0n) is 20.4. The van der Waals surface area contributed by atoms with Gasteiger partial charge in [-0.3, -0.25) is 14.8 Å². The van der Waals surface area contributed by atoms with E-state index in [0.29, 0.717) is 23.3 Å². The third kappa shape index (κ3) is 5.05. The van der Waals surface area contributed by atoms with E-state index < -0.39 is 0 Å². The van der Waals surface area contributed by atoms with Crippen LogP contribution in [0.15, 0.2) is 67.1 Å². The van der Waals surface area contributed by atoms with Gasteiger partial charge < -0.3 is 10.1 Å². The minimum atomic E-state index is -0.232. The van der Waals surface area contributed by atoms with E-state index in [1.807, 2.05) is 24.4 Å². The maximum atomic E-state index is 13.9. The second-order valence-electron chi connectivity index (χ2n) is 9.46. The number of ether oxygens (including phenoxy) is 1. The number of amides is 1. The van der Waals surface area contributed by atoms with Gasteiger partial charge in [0.2, 0.25) is 5.88 Å². The normalized spacial score (nSPS) is 18.5. The molecule has 0 saturated heterocycles. The van der Waals surface area contributed by atoms with Crippen molar-refractivity contribution in [3.8, 4) is 17.1 Å². The lowest BCUT2D eigenvalue weighted by Gasteiger charge is -2.33. The third-order valence-electron chi connectivity index (χ3n) is 7.28. The summed E-state index contributed by atoms with van der Waals surface area (Å²) in [4.78, 5) is 25.9. The third-order valence-corrected chi connectivity index (χ3v) is 7.28. The lowest BCUT2D eigenvalue weighted by atomic mass is 9.75. The van der Waals surface area contributed by atoms with E-state index in [2.05, 4.69) is 27.2 Å². The Balaban J connectivity index is 1.18. The standard InChI is InChI=1S/C29H29FN4O2/c1-18(34-29(35)22-7-10-26(32-17-22)21-8-12-28(36-2)33-16-21)19-3-5-20(6-4-19)24-13-14-31-27-11-9-23(30)15-25(24)27/h7-20H,3-6H2,1-2H3,(H,34,35)/t18-,19-,20+/m1/s1. The highest BCUT2D eigenvalue weighted by Gasteiger charge is 2.28. The number of carbonyl (C=O) groups excluding carboxylic acids is 1. The van der Waals surface area contributed by atoms with Crippen LogP contribution in [0.1, 0.15) is 54.4 Å². The molecular formula is C29H29FN4O2. The van der Waals surface area contributed by atoms with Gasteiger partial charge in [-0.15, -0.1) is 0 Å². The van der Waals surface area contributed by atoms with Gasteiger partial charge in [-0.25, -0.2) is 9.37 Å². The van der Waals surface area contributed by atoms with E-state index in [0.717, 1.165) is 47.8 Å². The Kier molecular flexibility index (Phi) is 6.89. The lowest BCUT2D eigenvalue weighted by molar-refractivity contribution is 0.0917. The van der Waals surface area contributed by atoms with Crippen LogP contribution >= 0.6 is 0 Å². The van der Waals surface area contributed by atoms with Crippen LogP contribution in [0.3, 0.4) is 0 Å². The molecule has 0 spiro atoms. The van der Waals surface area contributed by atoms with Crippen LogP contribution in [-0.4, -0.2) is 34.0 Å². The number of rotatable bonds is 6. The number of halogens is 1.